The van der Waals surface area contributed by atoms with Crippen LogP contribution < -0.4 is 4.72 Å². The van der Waals surface area contributed by atoms with Crippen molar-refractivity contribution in [3.05, 3.63) is 12.0 Å². The first-order valence-electron chi connectivity index (χ1n) is 3.79. The van der Waals surface area contributed by atoms with Crippen LogP contribution in [0.4, 0.5) is 0 Å². The van der Waals surface area contributed by atoms with Gasteiger partial charge in [0.15, 0.2) is 0 Å². The average molecular weight is 175 g/mol. The summed E-state index contributed by atoms with van der Waals surface area (Å²) < 4.78 is 24.4. The van der Waals surface area contributed by atoms with Crippen LogP contribution in [0, 0.1) is 0 Å². The molecule has 0 spiro atoms. The number of hydrogen-bond donors (Lipinski definition) is 1. The summed E-state index contributed by atoms with van der Waals surface area (Å²) in [7, 11) is -3.19. The predicted octanol–water partition coefficient (Wildman–Crippen LogP) is 0.992. The second-order valence-corrected chi connectivity index (χ2v) is 4.47. The second-order valence-electron chi connectivity index (χ2n) is 2.81. The average Bonchev–Trinajstić information content (AvgIpc) is 2.39. The zero-order valence-electron chi connectivity index (χ0n) is 6.41. The van der Waals surface area contributed by atoms with Gasteiger partial charge < -0.3 is 0 Å². The fraction of sp³-hybridized carbons (Fsp3) is 0.714. The molecule has 1 fully saturated rings. The predicted molar refractivity (Wildman–Crippen MR) is 44.5 cm³/mol. The molecule has 4 heteroatoms. The first-order valence-corrected chi connectivity index (χ1v) is 5.33. The molecule has 0 aliphatic heterocycles. The van der Waals surface area contributed by atoms with Crippen LogP contribution in [0.3, 0.4) is 0 Å². The van der Waals surface area contributed by atoms with Crippen molar-refractivity contribution in [3.63, 3.8) is 0 Å². The number of hydrogen-bond acceptors (Lipinski definition) is 2. The van der Waals surface area contributed by atoms with Gasteiger partial charge in [-0.25, -0.2) is 13.1 Å². The van der Waals surface area contributed by atoms with Gasteiger partial charge in [-0.15, -0.1) is 0 Å². The lowest BCUT2D eigenvalue weighted by atomic mass is 10.3. The van der Waals surface area contributed by atoms with Gasteiger partial charge in [0.1, 0.15) is 0 Å². The van der Waals surface area contributed by atoms with E-state index in [4.69, 9.17) is 0 Å². The van der Waals surface area contributed by atoms with Gasteiger partial charge in [0, 0.05) is 11.4 Å². The molecule has 0 bridgehead atoms. The fourth-order valence-corrected chi connectivity index (χ4v) is 2.12. The van der Waals surface area contributed by atoms with Crippen LogP contribution >= 0.6 is 0 Å². The van der Waals surface area contributed by atoms with Crippen LogP contribution in [0.5, 0.6) is 0 Å². The van der Waals surface area contributed by atoms with E-state index in [1.54, 1.807) is 0 Å². The molecule has 0 aromatic heterocycles. The molecule has 1 rings (SSSR count). The summed E-state index contributed by atoms with van der Waals surface area (Å²) in [6, 6.07) is 0.151. The van der Waals surface area contributed by atoms with Crippen molar-refractivity contribution in [1.82, 2.24) is 4.72 Å². The largest absolute Gasteiger partial charge is 0.233 e. The summed E-state index contributed by atoms with van der Waals surface area (Å²) in [6.45, 7) is 3.22. The molecule has 0 aromatic carbocycles. The molecule has 1 N–H and O–H groups in total. The van der Waals surface area contributed by atoms with Crippen LogP contribution in [-0.4, -0.2) is 14.5 Å². The van der Waals surface area contributed by atoms with E-state index in [0.717, 1.165) is 31.1 Å². The molecule has 0 heterocycles. The Kier molecular flexibility index (Phi) is 2.67. The normalized spacial score (nSPS) is 20.4. The minimum Gasteiger partial charge on any atom is -0.209 e. The van der Waals surface area contributed by atoms with E-state index in [1.807, 2.05) is 0 Å². The standard InChI is InChI=1S/C7H13NO2S/c1-2-11(9,10)8-7-5-3-4-6-7/h2,7-8H,1,3-6H2. The topological polar surface area (TPSA) is 46.2 Å². The van der Waals surface area contributed by atoms with Crippen molar-refractivity contribution in [3.8, 4) is 0 Å². The Morgan fingerprint density at radius 2 is 1.91 bits per heavy atom. The van der Waals surface area contributed by atoms with E-state index >= 15 is 0 Å². The third kappa shape index (κ3) is 2.63. The van der Waals surface area contributed by atoms with Crippen molar-refractivity contribution in [2.24, 2.45) is 0 Å². The van der Waals surface area contributed by atoms with Crippen LogP contribution in [0.1, 0.15) is 25.7 Å². The molecule has 0 saturated heterocycles. The lowest BCUT2D eigenvalue weighted by Crippen LogP contribution is -2.30. The molecule has 1 aliphatic carbocycles. The maximum atomic E-state index is 10.9. The molecule has 0 radical (unpaired) electrons. The highest BCUT2D eigenvalue weighted by Gasteiger charge is 2.18. The van der Waals surface area contributed by atoms with Gasteiger partial charge in [0.2, 0.25) is 10.0 Å². The molecule has 1 saturated carbocycles. The highest BCUT2D eigenvalue weighted by molar-refractivity contribution is 7.92. The summed E-state index contributed by atoms with van der Waals surface area (Å²) in [5, 5.41) is 0.964. The van der Waals surface area contributed by atoms with Gasteiger partial charge in [-0.2, -0.15) is 0 Å². The Balaban J connectivity index is 2.47. The summed E-state index contributed by atoms with van der Waals surface area (Å²) in [5.74, 6) is 0. The van der Waals surface area contributed by atoms with E-state index in [0.29, 0.717) is 0 Å². The molecule has 11 heavy (non-hydrogen) atoms. The Morgan fingerprint density at radius 1 is 1.36 bits per heavy atom. The first kappa shape index (κ1) is 8.74. The molecular formula is C7H13NO2S. The first-order chi connectivity index (χ1) is 5.14. The maximum absolute atomic E-state index is 10.9. The summed E-state index contributed by atoms with van der Waals surface area (Å²) >= 11 is 0. The van der Waals surface area contributed by atoms with Crippen LogP contribution in [-0.2, 0) is 10.0 Å². The molecule has 0 amide bonds. The Bertz CT molecular complexity index is 227. The zero-order valence-corrected chi connectivity index (χ0v) is 7.23. The Hall–Kier alpha value is -0.350. The molecule has 1 aliphatic rings. The smallest absolute Gasteiger partial charge is 0.209 e. The van der Waals surface area contributed by atoms with Gasteiger partial charge in [0.05, 0.1) is 0 Å². The molecule has 0 aromatic rings. The highest BCUT2D eigenvalue weighted by Crippen LogP contribution is 2.18. The van der Waals surface area contributed by atoms with Crippen molar-refractivity contribution in [2.75, 3.05) is 0 Å². The minimum absolute atomic E-state index is 0.151. The Labute approximate surface area is 67.5 Å². The van der Waals surface area contributed by atoms with Crippen LogP contribution in [0.2, 0.25) is 0 Å². The van der Waals surface area contributed by atoms with E-state index in [1.165, 1.54) is 0 Å². The second kappa shape index (κ2) is 3.36. The van der Waals surface area contributed by atoms with Crippen molar-refractivity contribution < 1.29 is 8.42 Å². The number of sulfonamides is 1. The molecular weight excluding hydrogens is 162 g/mol. The Morgan fingerprint density at radius 3 is 2.36 bits per heavy atom. The summed E-state index contributed by atoms with van der Waals surface area (Å²) in [4.78, 5) is 0. The summed E-state index contributed by atoms with van der Waals surface area (Å²) in [6.07, 6.45) is 4.19. The van der Waals surface area contributed by atoms with Gasteiger partial charge in [-0.3, -0.25) is 0 Å². The van der Waals surface area contributed by atoms with Crippen molar-refractivity contribution in [1.29, 1.82) is 0 Å². The molecule has 0 atom stereocenters. The minimum atomic E-state index is -3.19. The van der Waals surface area contributed by atoms with E-state index in [9.17, 15) is 8.42 Å². The quantitative estimate of drug-likeness (QED) is 0.695. The van der Waals surface area contributed by atoms with E-state index in [2.05, 4.69) is 11.3 Å². The molecule has 0 unspecified atom stereocenters. The third-order valence-electron chi connectivity index (χ3n) is 1.91. The molecule has 64 valence electrons. The zero-order chi connectivity index (χ0) is 8.32. The van der Waals surface area contributed by atoms with E-state index in [-0.39, 0.29) is 6.04 Å². The van der Waals surface area contributed by atoms with Gasteiger partial charge in [-0.05, 0) is 12.8 Å². The number of nitrogens with one attached hydrogen (secondary N) is 1. The molecule has 3 nitrogen and oxygen atoms in total. The monoisotopic (exact) mass is 175 g/mol. The van der Waals surface area contributed by atoms with Crippen molar-refractivity contribution in [2.45, 2.75) is 31.7 Å². The number of rotatable bonds is 3. The maximum Gasteiger partial charge on any atom is 0.233 e. The third-order valence-corrected chi connectivity index (χ3v) is 3.01. The summed E-state index contributed by atoms with van der Waals surface area (Å²) in [5.41, 5.74) is 0. The van der Waals surface area contributed by atoms with E-state index < -0.39 is 10.0 Å². The fourth-order valence-electron chi connectivity index (χ4n) is 1.32. The van der Waals surface area contributed by atoms with Crippen molar-refractivity contribution >= 4 is 10.0 Å². The van der Waals surface area contributed by atoms with Crippen LogP contribution in [0.25, 0.3) is 0 Å². The highest BCUT2D eigenvalue weighted by atomic mass is 32.2. The lowest BCUT2D eigenvalue weighted by molar-refractivity contribution is 0.560. The van der Waals surface area contributed by atoms with Gasteiger partial charge >= 0.3 is 0 Å². The van der Waals surface area contributed by atoms with Crippen LogP contribution in [0.15, 0.2) is 12.0 Å². The van der Waals surface area contributed by atoms with Gasteiger partial charge in [0.25, 0.3) is 0 Å². The van der Waals surface area contributed by atoms with Gasteiger partial charge in [-0.1, -0.05) is 19.4 Å². The SMILES string of the molecule is C=CS(=O)(=O)NC1CCCC1. The lowest BCUT2D eigenvalue weighted by Gasteiger charge is -2.08.